The number of rotatable bonds is 5. The molecule has 2 nitrogen and oxygen atoms in total. The normalized spacial score (nSPS) is 12.7. The summed E-state index contributed by atoms with van der Waals surface area (Å²) >= 11 is 0. The molecule has 0 aliphatic heterocycles. The second-order valence-corrected chi connectivity index (χ2v) is 5.80. The molecule has 1 atom stereocenters. The summed E-state index contributed by atoms with van der Waals surface area (Å²) in [4.78, 5) is 2.15. The molecule has 0 aliphatic carbocycles. The summed E-state index contributed by atoms with van der Waals surface area (Å²) < 4.78 is 0. The second kappa shape index (κ2) is 6.73. The molecule has 0 aromatic heterocycles. The molecule has 0 spiro atoms. The van der Waals surface area contributed by atoms with Gasteiger partial charge >= 0.3 is 0 Å². The summed E-state index contributed by atoms with van der Waals surface area (Å²) in [6.07, 6.45) is -0.474. The molecule has 1 unspecified atom stereocenters. The van der Waals surface area contributed by atoms with Crippen LogP contribution in [0.2, 0.25) is 0 Å². The number of aliphatic hydroxyl groups is 1. The van der Waals surface area contributed by atoms with Crippen LogP contribution < -0.4 is 0 Å². The molecule has 112 valence electrons. The minimum atomic E-state index is -0.474. The lowest BCUT2D eigenvalue weighted by molar-refractivity contribution is 0.124. The smallest absolute Gasteiger partial charge is 0.0917 e. The fourth-order valence-electron chi connectivity index (χ4n) is 2.78. The number of fused-ring (bicyclic) bond motifs is 1. The highest BCUT2D eigenvalue weighted by Crippen LogP contribution is 2.21. The summed E-state index contributed by atoms with van der Waals surface area (Å²) in [5.74, 6) is 0. The van der Waals surface area contributed by atoms with Gasteiger partial charge in [-0.3, -0.25) is 4.90 Å². The first-order valence-corrected chi connectivity index (χ1v) is 7.61. The van der Waals surface area contributed by atoms with Crippen molar-refractivity contribution in [3.8, 4) is 0 Å². The van der Waals surface area contributed by atoms with Crippen molar-refractivity contribution in [3.05, 3.63) is 83.9 Å². The average molecular weight is 291 g/mol. The lowest BCUT2D eigenvalue weighted by Gasteiger charge is -2.21. The van der Waals surface area contributed by atoms with E-state index in [1.165, 1.54) is 16.3 Å². The maximum atomic E-state index is 10.5. The topological polar surface area (TPSA) is 23.5 Å². The predicted molar refractivity (Wildman–Crippen MR) is 91.7 cm³/mol. The van der Waals surface area contributed by atoms with Crippen molar-refractivity contribution < 1.29 is 5.11 Å². The Balaban J connectivity index is 1.68. The van der Waals surface area contributed by atoms with E-state index in [2.05, 4.69) is 41.3 Å². The first-order valence-electron chi connectivity index (χ1n) is 7.61. The van der Waals surface area contributed by atoms with Crippen LogP contribution >= 0.6 is 0 Å². The number of aliphatic hydroxyl groups excluding tert-OH is 1. The molecular weight excluding hydrogens is 270 g/mol. The van der Waals surface area contributed by atoms with Crippen molar-refractivity contribution in [1.82, 2.24) is 4.90 Å². The quantitative estimate of drug-likeness (QED) is 0.768. The van der Waals surface area contributed by atoms with E-state index in [-0.39, 0.29) is 0 Å². The highest BCUT2D eigenvalue weighted by Gasteiger charge is 2.11. The monoisotopic (exact) mass is 291 g/mol. The summed E-state index contributed by atoms with van der Waals surface area (Å²) in [5.41, 5.74) is 2.23. The van der Waals surface area contributed by atoms with Crippen LogP contribution in [0.5, 0.6) is 0 Å². The minimum Gasteiger partial charge on any atom is -0.387 e. The Morgan fingerprint density at radius 3 is 2.32 bits per heavy atom. The first-order chi connectivity index (χ1) is 10.7. The van der Waals surface area contributed by atoms with E-state index in [9.17, 15) is 5.11 Å². The van der Waals surface area contributed by atoms with Crippen molar-refractivity contribution in [3.63, 3.8) is 0 Å². The van der Waals surface area contributed by atoms with Gasteiger partial charge in [0.05, 0.1) is 6.10 Å². The molecule has 22 heavy (non-hydrogen) atoms. The van der Waals surface area contributed by atoms with Crippen molar-refractivity contribution in [2.24, 2.45) is 0 Å². The molecule has 0 saturated heterocycles. The third-order valence-electron chi connectivity index (χ3n) is 3.94. The molecule has 3 rings (SSSR count). The van der Waals surface area contributed by atoms with E-state index in [0.717, 1.165) is 12.1 Å². The Kier molecular flexibility index (Phi) is 4.52. The largest absolute Gasteiger partial charge is 0.387 e. The third-order valence-corrected chi connectivity index (χ3v) is 3.94. The molecule has 3 aromatic carbocycles. The van der Waals surface area contributed by atoms with Crippen LogP contribution in [0.4, 0.5) is 0 Å². The van der Waals surface area contributed by atoms with E-state index >= 15 is 0 Å². The van der Waals surface area contributed by atoms with Gasteiger partial charge in [0.15, 0.2) is 0 Å². The lowest BCUT2D eigenvalue weighted by Crippen LogP contribution is -2.24. The number of benzene rings is 3. The van der Waals surface area contributed by atoms with E-state index < -0.39 is 6.10 Å². The molecule has 0 radical (unpaired) electrons. The van der Waals surface area contributed by atoms with Gasteiger partial charge < -0.3 is 5.11 Å². The Morgan fingerprint density at radius 1 is 0.864 bits per heavy atom. The van der Waals surface area contributed by atoms with Gasteiger partial charge in [-0.25, -0.2) is 0 Å². The second-order valence-electron chi connectivity index (χ2n) is 5.80. The maximum Gasteiger partial charge on any atom is 0.0917 e. The van der Waals surface area contributed by atoms with E-state index in [1.807, 2.05) is 43.4 Å². The molecule has 1 N–H and O–H groups in total. The van der Waals surface area contributed by atoms with Gasteiger partial charge in [0, 0.05) is 13.1 Å². The molecule has 3 aromatic rings. The molecule has 0 amide bonds. The van der Waals surface area contributed by atoms with Crippen molar-refractivity contribution in [1.29, 1.82) is 0 Å². The molecule has 2 heteroatoms. The van der Waals surface area contributed by atoms with Crippen molar-refractivity contribution >= 4 is 10.8 Å². The zero-order chi connectivity index (χ0) is 15.4. The van der Waals surface area contributed by atoms with Crippen LogP contribution in [0.1, 0.15) is 17.2 Å². The number of likely N-dealkylation sites (N-methyl/N-ethyl adjacent to an activating group) is 1. The van der Waals surface area contributed by atoms with Gasteiger partial charge in [-0.15, -0.1) is 0 Å². The van der Waals surface area contributed by atoms with Gasteiger partial charge in [0.2, 0.25) is 0 Å². The van der Waals surface area contributed by atoms with Crippen molar-refractivity contribution in [2.75, 3.05) is 13.6 Å². The molecular formula is C20H21NO. The summed E-state index contributed by atoms with van der Waals surface area (Å²) in [5, 5.41) is 12.9. The lowest BCUT2D eigenvalue weighted by atomic mass is 10.0. The van der Waals surface area contributed by atoms with Gasteiger partial charge in [-0.05, 0) is 35.0 Å². The Morgan fingerprint density at radius 2 is 1.55 bits per heavy atom. The molecule has 0 heterocycles. The molecule has 0 fully saturated rings. The Hall–Kier alpha value is -2.16. The van der Waals surface area contributed by atoms with Crippen LogP contribution in [-0.4, -0.2) is 23.6 Å². The zero-order valence-corrected chi connectivity index (χ0v) is 12.8. The standard InChI is InChI=1S/C20H21NO/c1-21(14-16-7-3-2-4-8-16)15-20(22)19-12-11-17-9-5-6-10-18(17)13-19/h2-13,20,22H,14-15H2,1H3. The highest BCUT2D eigenvalue weighted by atomic mass is 16.3. The van der Waals surface area contributed by atoms with Crippen LogP contribution in [0.3, 0.4) is 0 Å². The number of nitrogens with zero attached hydrogens (tertiary/aromatic N) is 1. The first kappa shape index (κ1) is 14.8. The summed E-state index contributed by atoms with van der Waals surface area (Å²) in [7, 11) is 2.04. The van der Waals surface area contributed by atoms with Crippen LogP contribution in [0.25, 0.3) is 10.8 Å². The maximum absolute atomic E-state index is 10.5. The predicted octanol–water partition coefficient (Wildman–Crippen LogP) is 4.01. The van der Waals surface area contributed by atoms with E-state index in [4.69, 9.17) is 0 Å². The third kappa shape index (κ3) is 3.53. The van der Waals surface area contributed by atoms with Crippen LogP contribution in [0, 0.1) is 0 Å². The van der Waals surface area contributed by atoms with Crippen molar-refractivity contribution in [2.45, 2.75) is 12.6 Å². The fourth-order valence-corrected chi connectivity index (χ4v) is 2.78. The van der Waals surface area contributed by atoms with Gasteiger partial charge in [-0.2, -0.15) is 0 Å². The molecule has 0 bridgehead atoms. The van der Waals surface area contributed by atoms with Crippen LogP contribution in [-0.2, 0) is 6.54 Å². The van der Waals surface area contributed by atoms with E-state index in [0.29, 0.717) is 6.54 Å². The average Bonchev–Trinajstić information content (AvgIpc) is 2.55. The highest BCUT2D eigenvalue weighted by molar-refractivity contribution is 5.83. The Labute approximate surface area is 131 Å². The van der Waals surface area contributed by atoms with Crippen LogP contribution in [0.15, 0.2) is 72.8 Å². The van der Waals surface area contributed by atoms with Gasteiger partial charge in [0.1, 0.15) is 0 Å². The SMILES string of the molecule is CN(Cc1ccccc1)CC(O)c1ccc2ccccc2c1. The summed E-state index contributed by atoms with van der Waals surface area (Å²) in [6, 6.07) is 24.7. The number of hydrogen-bond acceptors (Lipinski definition) is 2. The number of hydrogen-bond donors (Lipinski definition) is 1. The van der Waals surface area contributed by atoms with Gasteiger partial charge in [-0.1, -0.05) is 66.7 Å². The molecule has 0 saturated carbocycles. The fraction of sp³-hybridized carbons (Fsp3) is 0.200. The minimum absolute atomic E-state index is 0.474. The zero-order valence-electron chi connectivity index (χ0n) is 12.8. The Bertz CT molecular complexity index is 739. The van der Waals surface area contributed by atoms with E-state index in [1.54, 1.807) is 0 Å². The van der Waals surface area contributed by atoms with Gasteiger partial charge in [0.25, 0.3) is 0 Å². The summed E-state index contributed by atoms with van der Waals surface area (Å²) in [6.45, 7) is 1.46. The molecule has 0 aliphatic rings.